The summed E-state index contributed by atoms with van der Waals surface area (Å²) in [5, 5.41) is 0. The Bertz CT molecular complexity index is 2900. The number of allylic oxidation sites excluding steroid dienone is 9. The third-order valence-corrected chi connectivity index (χ3v) is 14.7. The van der Waals surface area contributed by atoms with Crippen LogP contribution in [-0.4, -0.2) is 0 Å². The maximum absolute atomic E-state index is 2.57. The van der Waals surface area contributed by atoms with Gasteiger partial charge in [0.1, 0.15) is 0 Å². The van der Waals surface area contributed by atoms with Crippen LogP contribution in [0.2, 0.25) is 0 Å². The summed E-state index contributed by atoms with van der Waals surface area (Å²) in [6.45, 7) is 15.3. The molecule has 0 N–H and O–H groups in total. The molecule has 1 atom stereocenters. The van der Waals surface area contributed by atoms with E-state index in [2.05, 4.69) is 235 Å². The van der Waals surface area contributed by atoms with Gasteiger partial charge in [0.25, 0.3) is 0 Å². The van der Waals surface area contributed by atoms with Crippen molar-refractivity contribution >= 4 is 23.5 Å². The average molecular weight is 834 g/mol. The minimum absolute atomic E-state index is 0.0459. The Morgan fingerprint density at radius 3 is 1.81 bits per heavy atom. The molecule has 1 heteroatoms. The van der Waals surface area contributed by atoms with Gasteiger partial charge in [0.2, 0.25) is 0 Å². The van der Waals surface area contributed by atoms with Gasteiger partial charge in [-0.1, -0.05) is 171 Å². The maximum Gasteiger partial charge on any atom is 0.0711 e. The molecule has 1 nitrogen and oxygen atoms in total. The number of anilines is 2. The molecule has 3 aliphatic rings. The van der Waals surface area contributed by atoms with Gasteiger partial charge >= 0.3 is 0 Å². The van der Waals surface area contributed by atoms with E-state index < -0.39 is 5.41 Å². The number of benzene rings is 6. The summed E-state index contributed by atoms with van der Waals surface area (Å²) in [6, 6.07) is 46.6. The van der Waals surface area contributed by atoms with Gasteiger partial charge in [-0.3, -0.25) is 0 Å². The van der Waals surface area contributed by atoms with E-state index in [1.54, 1.807) is 0 Å². The number of hydrogen-bond acceptors (Lipinski definition) is 1. The molecule has 0 saturated heterocycles. The van der Waals surface area contributed by atoms with E-state index >= 15 is 0 Å². The van der Waals surface area contributed by atoms with Gasteiger partial charge in [-0.25, -0.2) is 0 Å². The lowest BCUT2D eigenvalue weighted by molar-refractivity contribution is 0.353. The Kier molecular flexibility index (Phi) is 12.0. The fourth-order valence-corrected chi connectivity index (χ4v) is 11.8. The van der Waals surface area contributed by atoms with Crippen LogP contribution < -0.4 is 4.90 Å². The molecule has 1 fully saturated rings. The van der Waals surface area contributed by atoms with Crippen LogP contribution in [0.4, 0.5) is 11.4 Å². The predicted molar refractivity (Wildman–Crippen MR) is 277 cm³/mol. The van der Waals surface area contributed by atoms with E-state index in [-0.39, 0.29) is 5.41 Å². The second kappa shape index (κ2) is 18.0. The molecule has 3 aliphatic carbocycles. The topological polar surface area (TPSA) is 3.24 Å². The normalized spacial score (nSPS) is 17.8. The van der Waals surface area contributed by atoms with Gasteiger partial charge in [-0.05, 0) is 182 Å². The number of rotatable bonds is 11. The third-order valence-electron chi connectivity index (χ3n) is 14.7. The zero-order chi connectivity index (χ0) is 44.4. The first-order valence-electron chi connectivity index (χ1n) is 23.7. The quantitative estimate of drug-likeness (QED) is 0.118. The molecular formula is C63H63N. The fraction of sp³-hybridized carbons (Fsp3) is 0.238. The summed E-state index contributed by atoms with van der Waals surface area (Å²) in [5.41, 5.74) is 23.3. The molecule has 0 bridgehead atoms. The molecule has 0 aromatic heterocycles. The van der Waals surface area contributed by atoms with Crippen molar-refractivity contribution in [2.75, 3.05) is 4.90 Å². The molecule has 1 saturated carbocycles. The van der Waals surface area contributed by atoms with Crippen LogP contribution in [-0.2, 0) is 17.3 Å². The van der Waals surface area contributed by atoms with E-state index in [1.165, 1.54) is 121 Å². The van der Waals surface area contributed by atoms with Gasteiger partial charge < -0.3 is 4.90 Å². The third kappa shape index (κ3) is 6.92. The molecule has 6 aromatic carbocycles. The first-order chi connectivity index (χ1) is 31.4. The summed E-state index contributed by atoms with van der Waals surface area (Å²) in [5.74, 6) is 0. The van der Waals surface area contributed by atoms with Gasteiger partial charge in [0.05, 0.1) is 5.41 Å². The Balaban J connectivity index is 1.26. The first kappa shape index (κ1) is 42.8. The fourth-order valence-electron chi connectivity index (χ4n) is 11.8. The van der Waals surface area contributed by atoms with Crippen molar-refractivity contribution in [3.8, 4) is 22.3 Å². The molecule has 0 heterocycles. The van der Waals surface area contributed by atoms with E-state index in [0.717, 1.165) is 17.8 Å². The molecule has 0 aliphatic heterocycles. The van der Waals surface area contributed by atoms with E-state index in [4.69, 9.17) is 0 Å². The summed E-state index contributed by atoms with van der Waals surface area (Å²) in [6.07, 6.45) is 29.8. The molecule has 1 spiro atoms. The van der Waals surface area contributed by atoms with Crippen LogP contribution in [0.3, 0.4) is 0 Å². The SMILES string of the molecule is C/C=C\C(=C/C)C1(c2ccccc2)c2ccccc2-c2ccc(N(C(/C=C\Cc3cc(/C=C\C)c(C)c(C)c3/C=C\C)=C/C)c3ccc4c(c3)C3(CCCCC3)c3ccccc3-4)cc21. The van der Waals surface area contributed by atoms with Crippen LogP contribution in [0.15, 0.2) is 181 Å². The Hall–Kier alpha value is -6.44. The molecule has 6 aromatic rings. The van der Waals surface area contributed by atoms with Crippen molar-refractivity contribution in [1.29, 1.82) is 0 Å². The molecule has 64 heavy (non-hydrogen) atoms. The highest BCUT2D eigenvalue weighted by Gasteiger charge is 2.47. The number of nitrogens with zero attached hydrogens (tertiary/aromatic N) is 1. The smallest absolute Gasteiger partial charge is 0.0711 e. The van der Waals surface area contributed by atoms with Gasteiger partial charge in [0.15, 0.2) is 0 Å². The Morgan fingerprint density at radius 1 is 0.547 bits per heavy atom. The molecule has 1 unspecified atom stereocenters. The summed E-state index contributed by atoms with van der Waals surface area (Å²) >= 11 is 0. The van der Waals surface area contributed by atoms with E-state index in [1.807, 2.05) is 0 Å². The van der Waals surface area contributed by atoms with Crippen molar-refractivity contribution < 1.29 is 0 Å². The van der Waals surface area contributed by atoms with E-state index in [9.17, 15) is 0 Å². The second-order valence-electron chi connectivity index (χ2n) is 18.0. The number of fused-ring (bicyclic) bond motifs is 8. The standard InChI is InChI=1S/C63H63N/c1-8-24-46-41-47(53(26-10-3)45(7)44(46)6)27-23-30-50(12-5)64(51-35-37-56-54-31-17-19-33-58(54)62(60(56)42-51)39-21-14-22-40-62)52-36-38-57-55-32-18-20-34-59(55)63(61(57)43-52,48(11-4)25-9-2)49-28-15-13-16-29-49/h8-13,15-20,23-26,28-38,41-43H,14,21-22,27,39-40H2,1-7H3/b24-8-,25-9-,26-10-,30-23-,48-11+,50-12+. The first-order valence-corrected chi connectivity index (χ1v) is 23.7. The summed E-state index contributed by atoms with van der Waals surface area (Å²) in [7, 11) is 0. The lowest BCUT2D eigenvalue weighted by atomic mass is 9.67. The van der Waals surface area contributed by atoms with Crippen LogP contribution in [0.1, 0.15) is 122 Å². The summed E-state index contributed by atoms with van der Waals surface area (Å²) in [4.78, 5) is 2.54. The minimum Gasteiger partial charge on any atom is -0.311 e. The van der Waals surface area contributed by atoms with Crippen LogP contribution >= 0.6 is 0 Å². The van der Waals surface area contributed by atoms with Crippen LogP contribution in [0.5, 0.6) is 0 Å². The van der Waals surface area contributed by atoms with Crippen molar-refractivity contribution in [2.24, 2.45) is 0 Å². The van der Waals surface area contributed by atoms with Crippen molar-refractivity contribution in [3.05, 3.63) is 237 Å². The molecule has 320 valence electrons. The largest absolute Gasteiger partial charge is 0.311 e. The lowest BCUT2D eigenvalue weighted by Gasteiger charge is -2.37. The zero-order valence-corrected chi connectivity index (χ0v) is 39.0. The minimum atomic E-state index is -0.495. The van der Waals surface area contributed by atoms with Crippen molar-refractivity contribution in [2.45, 2.75) is 97.8 Å². The molecular weight excluding hydrogens is 771 g/mol. The Labute approximate surface area is 383 Å². The molecule has 9 rings (SSSR count). The van der Waals surface area contributed by atoms with Gasteiger partial charge in [-0.15, -0.1) is 0 Å². The average Bonchev–Trinajstić information content (AvgIpc) is 3.77. The van der Waals surface area contributed by atoms with Crippen LogP contribution in [0, 0.1) is 13.8 Å². The zero-order valence-electron chi connectivity index (χ0n) is 39.0. The number of hydrogen-bond donors (Lipinski definition) is 0. The van der Waals surface area contributed by atoms with E-state index in [0.29, 0.717) is 0 Å². The molecule has 0 amide bonds. The predicted octanol–water partition coefficient (Wildman–Crippen LogP) is 17.3. The Morgan fingerprint density at radius 2 is 1.16 bits per heavy atom. The monoisotopic (exact) mass is 833 g/mol. The lowest BCUT2D eigenvalue weighted by Crippen LogP contribution is -2.29. The van der Waals surface area contributed by atoms with Crippen molar-refractivity contribution in [3.63, 3.8) is 0 Å². The van der Waals surface area contributed by atoms with Gasteiger partial charge in [-0.2, -0.15) is 0 Å². The second-order valence-corrected chi connectivity index (χ2v) is 18.0. The van der Waals surface area contributed by atoms with Crippen LogP contribution in [0.25, 0.3) is 34.4 Å². The van der Waals surface area contributed by atoms with Crippen molar-refractivity contribution in [1.82, 2.24) is 0 Å². The molecule has 0 radical (unpaired) electrons. The van der Waals surface area contributed by atoms with Gasteiger partial charge in [0, 0.05) is 22.5 Å². The highest BCUT2D eigenvalue weighted by Crippen LogP contribution is 2.59. The maximum atomic E-state index is 2.57. The summed E-state index contributed by atoms with van der Waals surface area (Å²) < 4.78 is 0. The highest BCUT2D eigenvalue weighted by atomic mass is 15.1. The highest BCUT2D eigenvalue weighted by molar-refractivity contribution is 5.90.